The molecule has 6 aromatic rings. The van der Waals surface area contributed by atoms with Crippen molar-refractivity contribution in [3.63, 3.8) is 0 Å². The van der Waals surface area contributed by atoms with Crippen molar-refractivity contribution in [1.82, 2.24) is 9.97 Å². The van der Waals surface area contributed by atoms with Gasteiger partial charge in [0.15, 0.2) is 6.10 Å². The van der Waals surface area contributed by atoms with E-state index in [2.05, 4.69) is 28.7 Å². The molecule has 19 heteroatoms. The number of halogens is 3. The van der Waals surface area contributed by atoms with E-state index in [4.69, 9.17) is 5.11 Å². The molecule has 10 nitrogen and oxygen atoms in total. The van der Waals surface area contributed by atoms with Crippen LogP contribution in [0, 0.1) is 49.4 Å². The van der Waals surface area contributed by atoms with Crippen LogP contribution in [0.25, 0.3) is 44.1 Å². The number of aromatic nitrogens is 2. The zero-order valence-electron chi connectivity index (χ0n) is 26.7. The average Bonchev–Trinajstić information content (AvgIpc) is 3.65. The molecule has 2 unspecified atom stereocenters. The van der Waals surface area contributed by atoms with Gasteiger partial charge < -0.3 is 20.7 Å². The molecule has 6 rings (SSSR count). The maximum absolute atomic E-state index is 11.9. The summed E-state index contributed by atoms with van der Waals surface area (Å²) in [5.41, 5.74) is 5.61. The fourth-order valence-electron chi connectivity index (χ4n) is 4.76. The van der Waals surface area contributed by atoms with E-state index in [-0.39, 0.29) is 108 Å². The molecule has 0 saturated carbocycles. The van der Waals surface area contributed by atoms with Gasteiger partial charge in [0, 0.05) is 93.6 Å². The van der Waals surface area contributed by atoms with Crippen LogP contribution in [-0.4, -0.2) is 32.5 Å². The van der Waals surface area contributed by atoms with Gasteiger partial charge in [-0.05, 0) is 70.1 Å². The van der Waals surface area contributed by atoms with Gasteiger partial charge in [0.2, 0.25) is 0 Å². The summed E-state index contributed by atoms with van der Waals surface area (Å²) in [6.07, 6.45) is -5.58. The zero-order valence-corrected chi connectivity index (χ0v) is 35.5. The van der Waals surface area contributed by atoms with Crippen LogP contribution in [0.3, 0.4) is 0 Å². The molecule has 3 aromatic carbocycles. The SMILES string of the molecule is OC(CC(O)C(F)(F)F)c1cccs1.[Eu].[Na+].[Na+].[O-]OOSc1ccc(-c2ccnc3c2ccc2c(-c4ccc(SOO[O-])cc4)ccnc23)cc1. The molecule has 0 saturated heterocycles. The first-order valence-corrected chi connectivity index (χ1v) is 16.2. The van der Waals surface area contributed by atoms with Gasteiger partial charge in [0.25, 0.3) is 0 Å². The molecular weight excluding hydrogens is 891 g/mol. The number of alkyl halides is 3. The topological polar surface area (TPSA) is 149 Å². The van der Waals surface area contributed by atoms with Gasteiger partial charge in [-0.1, -0.05) is 42.5 Å². The molecular formula is C32H23EuF3N2Na2O8S3. The quantitative estimate of drug-likeness (QED) is 0.0620. The third kappa shape index (κ3) is 13.0. The summed E-state index contributed by atoms with van der Waals surface area (Å²) in [6.45, 7) is 0. The number of pyridine rings is 2. The molecule has 3 heterocycles. The van der Waals surface area contributed by atoms with Crippen molar-refractivity contribution < 1.29 is 161 Å². The van der Waals surface area contributed by atoms with Crippen molar-refractivity contribution in [2.24, 2.45) is 0 Å². The van der Waals surface area contributed by atoms with Crippen LogP contribution < -0.4 is 69.6 Å². The third-order valence-corrected chi connectivity index (χ3v) is 9.11. The number of fused-ring (bicyclic) bond motifs is 3. The van der Waals surface area contributed by atoms with Crippen molar-refractivity contribution in [1.29, 1.82) is 0 Å². The van der Waals surface area contributed by atoms with Gasteiger partial charge in [-0.25, -0.2) is 0 Å². The smallest absolute Gasteiger partial charge is 0.691 e. The molecule has 3 aromatic heterocycles. The summed E-state index contributed by atoms with van der Waals surface area (Å²) in [5.74, 6) is 0. The average molecular weight is 915 g/mol. The standard InChI is InChI=1S/C24H16N2O6S2.C8H9F3O2S.Eu.2Na/c27-29-31-33-17-5-1-15(2-6-17)19-11-13-25-23-21(19)9-10-22-20(12-14-26-24(22)23)16-3-7-18(8-4-16)34-32-30-28;9-8(10,11)7(13)4-5(12)6-2-1-3-14-6;;;/h1-14,27-28H;1-3,5,7,12-13H,4H2;;;/q;;;2*+1/p-2. The Labute approximate surface area is 387 Å². The van der Waals surface area contributed by atoms with Crippen LogP contribution in [0.5, 0.6) is 0 Å². The molecule has 0 aliphatic rings. The largest absolute Gasteiger partial charge is 1.00 e. The molecule has 0 amide bonds. The van der Waals surface area contributed by atoms with Crippen LogP contribution in [-0.2, 0) is 18.7 Å². The van der Waals surface area contributed by atoms with E-state index in [0.717, 1.165) is 89.3 Å². The molecule has 1 radical (unpaired) electrons. The van der Waals surface area contributed by atoms with E-state index in [0.29, 0.717) is 4.88 Å². The maximum atomic E-state index is 11.9. The van der Waals surface area contributed by atoms with E-state index < -0.39 is 24.8 Å². The minimum Gasteiger partial charge on any atom is -0.691 e. The summed E-state index contributed by atoms with van der Waals surface area (Å²) in [5, 5.41) is 48.4. The number of rotatable bonds is 11. The third-order valence-electron chi connectivity index (χ3n) is 6.96. The predicted molar refractivity (Wildman–Crippen MR) is 170 cm³/mol. The Hall–Kier alpha value is -0.0656. The van der Waals surface area contributed by atoms with Gasteiger partial charge in [-0.3, -0.25) is 20.0 Å². The number of thiophene rings is 1. The molecule has 0 aliphatic carbocycles. The van der Waals surface area contributed by atoms with E-state index in [1.165, 1.54) is 6.07 Å². The van der Waals surface area contributed by atoms with Gasteiger partial charge in [0.05, 0.1) is 41.2 Å². The second-order valence-electron chi connectivity index (χ2n) is 9.89. The second kappa shape index (κ2) is 23.1. The number of hydrogen-bond donors (Lipinski definition) is 2. The van der Waals surface area contributed by atoms with E-state index in [1.807, 2.05) is 72.8 Å². The van der Waals surface area contributed by atoms with Crippen molar-refractivity contribution in [3.8, 4) is 22.3 Å². The molecule has 0 fully saturated rings. The number of hydrogen-bond acceptors (Lipinski definition) is 13. The molecule has 2 N–H and O–H groups in total. The van der Waals surface area contributed by atoms with Crippen molar-refractivity contribution >= 4 is 57.2 Å². The summed E-state index contributed by atoms with van der Waals surface area (Å²) in [4.78, 5) is 11.2. The summed E-state index contributed by atoms with van der Waals surface area (Å²) >= 11 is 2.85. The summed E-state index contributed by atoms with van der Waals surface area (Å²) in [6, 6.07) is 26.3. The Balaban J connectivity index is 0.000000453. The molecule has 0 spiro atoms. The van der Waals surface area contributed by atoms with Gasteiger partial charge in [-0.2, -0.15) is 21.8 Å². The first-order valence-electron chi connectivity index (χ1n) is 13.8. The van der Waals surface area contributed by atoms with Crippen molar-refractivity contribution in [2.45, 2.75) is 34.6 Å². The fourth-order valence-corrected chi connectivity index (χ4v) is 6.19. The Bertz CT molecular complexity index is 1820. The minimum atomic E-state index is -4.67. The Kier molecular flexibility index (Phi) is 21.3. The maximum Gasteiger partial charge on any atom is 1.00 e. The Morgan fingerprint density at radius 3 is 1.53 bits per heavy atom. The van der Waals surface area contributed by atoms with E-state index >= 15 is 0 Å². The number of aliphatic hydroxyl groups is 2. The normalized spacial score (nSPS) is 12.1. The fraction of sp³-hybridized carbons (Fsp3) is 0.125. The summed E-state index contributed by atoms with van der Waals surface area (Å²) in [7, 11) is 0. The molecule has 0 bridgehead atoms. The molecule has 2 atom stereocenters. The predicted octanol–water partition coefficient (Wildman–Crippen LogP) is 0.681. The van der Waals surface area contributed by atoms with Crippen LogP contribution in [0.15, 0.2) is 112 Å². The number of aliphatic hydroxyl groups excluding tert-OH is 2. The van der Waals surface area contributed by atoms with E-state index in [9.17, 15) is 28.8 Å². The molecule has 51 heavy (non-hydrogen) atoms. The van der Waals surface area contributed by atoms with Gasteiger partial charge in [0.1, 0.15) is 0 Å². The van der Waals surface area contributed by atoms with Crippen LogP contribution >= 0.6 is 35.4 Å². The zero-order chi connectivity index (χ0) is 34.1. The second-order valence-corrected chi connectivity index (χ2v) is 12.4. The molecule has 257 valence electrons. The first-order chi connectivity index (χ1) is 23.2. The van der Waals surface area contributed by atoms with Gasteiger partial charge in [-0.15, -0.1) is 11.3 Å². The monoisotopic (exact) mass is 915 g/mol. The number of benzene rings is 3. The van der Waals surface area contributed by atoms with Gasteiger partial charge >= 0.3 is 65.3 Å². The van der Waals surface area contributed by atoms with Crippen LogP contribution in [0.2, 0.25) is 0 Å². The first kappa shape index (κ1) is 47.1. The number of nitrogens with zero attached hydrogens (tertiary/aromatic N) is 2. The molecule has 0 aliphatic heterocycles. The summed E-state index contributed by atoms with van der Waals surface area (Å²) < 4.78 is 44.4. The van der Waals surface area contributed by atoms with Crippen LogP contribution in [0.1, 0.15) is 17.4 Å². The van der Waals surface area contributed by atoms with Crippen molar-refractivity contribution in [3.05, 3.63) is 108 Å². The minimum absolute atomic E-state index is 0. The van der Waals surface area contributed by atoms with Crippen LogP contribution in [0.4, 0.5) is 13.2 Å². The van der Waals surface area contributed by atoms with Crippen molar-refractivity contribution in [2.75, 3.05) is 0 Å². The Morgan fingerprint density at radius 1 is 0.706 bits per heavy atom. The van der Waals surface area contributed by atoms with E-state index in [1.54, 1.807) is 23.8 Å². The Morgan fingerprint density at radius 2 is 1.16 bits per heavy atom.